The average Bonchev–Trinajstić information content (AvgIpc) is 2.26. The third-order valence-electron chi connectivity index (χ3n) is 2.81. The first-order valence-electron chi connectivity index (χ1n) is 5.55. The Labute approximate surface area is 92.0 Å². The Hall–Kier alpha value is -0.610. The van der Waals surface area contributed by atoms with E-state index in [4.69, 9.17) is 4.74 Å². The minimum Gasteiger partial charge on any atom is -0.394 e. The van der Waals surface area contributed by atoms with Crippen molar-refractivity contribution in [3.8, 4) is 0 Å². The zero-order valence-corrected chi connectivity index (χ0v) is 10.0. The Bertz CT molecular complexity index is 170. The molecule has 0 saturated heterocycles. The van der Waals surface area contributed by atoms with Gasteiger partial charge in [0.2, 0.25) is 5.91 Å². The molecule has 0 aliphatic carbocycles. The Morgan fingerprint density at radius 2 is 2.00 bits per heavy atom. The number of rotatable bonds is 8. The second kappa shape index (κ2) is 7.65. The number of amides is 1. The summed E-state index contributed by atoms with van der Waals surface area (Å²) in [6.45, 7) is 4.53. The second-order valence-corrected chi connectivity index (χ2v) is 3.79. The lowest BCUT2D eigenvalue weighted by Gasteiger charge is -2.30. The van der Waals surface area contributed by atoms with Gasteiger partial charge in [0.05, 0.1) is 12.1 Å². The van der Waals surface area contributed by atoms with Gasteiger partial charge in [-0.2, -0.15) is 0 Å². The van der Waals surface area contributed by atoms with Crippen LogP contribution in [0.4, 0.5) is 0 Å². The summed E-state index contributed by atoms with van der Waals surface area (Å²) in [5.41, 5.74) is -0.440. The number of aliphatic hydroxyl groups excluding tert-OH is 1. The van der Waals surface area contributed by atoms with Crippen LogP contribution in [0.5, 0.6) is 0 Å². The summed E-state index contributed by atoms with van der Waals surface area (Å²) < 4.78 is 4.87. The van der Waals surface area contributed by atoms with E-state index in [0.29, 0.717) is 13.0 Å². The van der Waals surface area contributed by atoms with Crippen molar-refractivity contribution in [2.45, 2.75) is 45.1 Å². The predicted molar refractivity (Wildman–Crippen MR) is 59.7 cm³/mol. The molecule has 0 aliphatic rings. The molecule has 0 aromatic rings. The van der Waals surface area contributed by atoms with E-state index >= 15 is 0 Å². The van der Waals surface area contributed by atoms with Crippen molar-refractivity contribution in [3.63, 3.8) is 0 Å². The molecule has 0 aromatic carbocycles. The maximum atomic E-state index is 11.5. The van der Waals surface area contributed by atoms with Crippen LogP contribution < -0.4 is 5.32 Å². The van der Waals surface area contributed by atoms with Crippen molar-refractivity contribution in [1.82, 2.24) is 5.32 Å². The van der Waals surface area contributed by atoms with Crippen LogP contribution in [0.2, 0.25) is 0 Å². The summed E-state index contributed by atoms with van der Waals surface area (Å²) in [5, 5.41) is 12.2. The highest BCUT2D eigenvalue weighted by Gasteiger charge is 2.26. The van der Waals surface area contributed by atoms with Gasteiger partial charge in [-0.3, -0.25) is 4.79 Å². The topological polar surface area (TPSA) is 58.6 Å². The summed E-state index contributed by atoms with van der Waals surface area (Å²) >= 11 is 0. The van der Waals surface area contributed by atoms with Gasteiger partial charge in [0.1, 0.15) is 0 Å². The highest BCUT2D eigenvalue weighted by molar-refractivity contribution is 5.76. The van der Waals surface area contributed by atoms with Crippen molar-refractivity contribution in [3.05, 3.63) is 0 Å². The van der Waals surface area contributed by atoms with Crippen molar-refractivity contribution in [2.75, 3.05) is 20.3 Å². The third-order valence-corrected chi connectivity index (χ3v) is 2.81. The van der Waals surface area contributed by atoms with Crippen LogP contribution in [0.1, 0.15) is 39.5 Å². The molecule has 0 atom stereocenters. The van der Waals surface area contributed by atoms with Gasteiger partial charge in [-0.05, 0) is 19.3 Å². The van der Waals surface area contributed by atoms with Gasteiger partial charge in [0.25, 0.3) is 0 Å². The largest absolute Gasteiger partial charge is 0.394 e. The number of carbonyl (C=O) groups is 1. The van der Waals surface area contributed by atoms with Gasteiger partial charge >= 0.3 is 0 Å². The molecule has 90 valence electrons. The average molecular weight is 217 g/mol. The van der Waals surface area contributed by atoms with Gasteiger partial charge in [0.15, 0.2) is 0 Å². The minimum absolute atomic E-state index is 0.00395. The Morgan fingerprint density at radius 1 is 1.40 bits per heavy atom. The van der Waals surface area contributed by atoms with E-state index in [1.54, 1.807) is 7.11 Å². The van der Waals surface area contributed by atoms with E-state index in [0.717, 1.165) is 19.3 Å². The van der Waals surface area contributed by atoms with Crippen LogP contribution in [-0.4, -0.2) is 36.9 Å². The number of nitrogens with one attached hydrogen (secondary N) is 1. The number of carbonyl (C=O) groups excluding carboxylic acids is 1. The highest BCUT2D eigenvalue weighted by Crippen LogP contribution is 2.14. The van der Waals surface area contributed by atoms with E-state index in [9.17, 15) is 9.90 Å². The number of methoxy groups -OCH3 is 1. The van der Waals surface area contributed by atoms with E-state index in [2.05, 4.69) is 5.32 Å². The van der Waals surface area contributed by atoms with Crippen LogP contribution in [0.3, 0.4) is 0 Å². The van der Waals surface area contributed by atoms with E-state index < -0.39 is 5.54 Å². The van der Waals surface area contributed by atoms with Crippen LogP contribution in [-0.2, 0) is 9.53 Å². The maximum absolute atomic E-state index is 11.5. The SMILES string of the molecule is CCC(CC)(CO)NC(=O)CCCOC. The molecule has 0 spiro atoms. The van der Waals surface area contributed by atoms with Crippen LogP contribution in [0, 0.1) is 0 Å². The Balaban J connectivity index is 4.00. The number of aliphatic hydroxyl groups is 1. The fourth-order valence-corrected chi connectivity index (χ4v) is 1.43. The van der Waals surface area contributed by atoms with E-state index in [1.807, 2.05) is 13.8 Å². The molecule has 0 radical (unpaired) electrons. The van der Waals surface area contributed by atoms with Crippen molar-refractivity contribution >= 4 is 5.91 Å². The predicted octanol–water partition coefficient (Wildman–Crippen LogP) is 1.08. The van der Waals surface area contributed by atoms with Crippen molar-refractivity contribution < 1.29 is 14.6 Å². The number of ether oxygens (including phenoxy) is 1. The molecule has 0 fully saturated rings. The number of hydrogen-bond acceptors (Lipinski definition) is 3. The zero-order valence-electron chi connectivity index (χ0n) is 10.0. The summed E-state index contributed by atoms with van der Waals surface area (Å²) in [6.07, 6.45) is 2.67. The maximum Gasteiger partial charge on any atom is 0.220 e. The smallest absolute Gasteiger partial charge is 0.220 e. The van der Waals surface area contributed by atoms with Crippen LogP contribution in [0.25, 0.3) is 0 Å². The molecule has 0 rings (SSSR count). The molecule has 2 N–H and O–H groups in total. The normalized spacial score (nSPS) is 11.5. The molecular formula is C11H23NO3. The highest BCUT2D eigenvalue weighted by atomic mass is 16.5. The molecule has 1 amide bonds. The van der Waals surface area contributed by atoms with Gasteiger partial charge in [-0.25, -0.2) is 0 Å². The first-order valence-corrected chi connectivity index (χ1v) is 5.55. The summed E-state index contributed by atoms with van der Waals surface area (Å²) in [7, 11) is 1.62. The molecule has 4 heteroatoms. The standard InChI is InChI=1S/C11H23NO3/c1-4-11(5-2,9-13)12-10(14)7-6-8-15-3/h13H,4-9H2,1-3H3,(H,12,14). The summed E-state index contributed by atoms with van der Waals surface area (Å²) in [6, 6.07) is 0. The first-order chi connectivity index (χ1) is 7.14. The lowest BCUT2D eigenvalue weighted by Crippen LogP contribution is -2.50. The second-order valence-electron chi connectivity index (χ2n) is 3.79. The molecule has 0 saturated carbocycles. The monoisotopic (exact) mass is 217 g/mol. The zero-order chi connectivity index (χ0) is 11.7. The van der Waals surface area contributed by atoms with E-state index in [-0.39, 0.29) is 12.5 Å². The quantitative estimate of drug-likeness (QED) is 0.598. The van der Waals surface area contributed by atoms with E-state index in [1.165, 1.54) is 0 Å². The molecule has 0 aliphatic heterocycles. The van der Waals surface area contributed by atoms with Gasteiger partial charge < -0.3 is 15.2 Å². The molecule has 0 aromatic heterocycles. The molecule has 0 unspecified atom stereocenters. The van der Waals surface area contributed by atoms with Crippen molar-refractivity contribution in [1.29, 1.82) is 0 Å². The molecule has 15 heavy (non-hydrogen) atoms. The fraction of sp³-hybridized carbons (Fsp3) is 0.909. The number of hydrogen-bond donors (Lipinski definition) is 2. The van der Waals surface area contributed by atoms with Crippen LogP contribution >= 0.6 is 0 Å². The minimum atomic E-state index is -0.440. The molecule has 0 bridgehead atoms. The van der Waals surface area contributed by atoms with Gasteiger partial charge in [-0.1, -0.05) is 13.8 Å². The van der Waals surface area contributed by atoms with Crippen LogP contribution in [0.15, 0.2) is 0 Å². The summed E-state index contributed by atoms with van der Waals surface area (Å²) in [5.74, 6) is -0.00944. The first kappa shape index (κ1) is 14.4. The lowest BCUT2D eigenvalue weighted by atomic mass is 9.93. The lowest BCUT2D eigenvalue weighted by molar-refractivity contribution is -0.124. The Kier molecular flexibility index (Phi) is 7.34. The molecule has 0 heterocycles. The Morgan fingerprint density at radius 3 is 2.40 bits per heavy atom. The molecule has 4 nitrogen and oxygen atoms in total. The summed E-state index contributed by atoms with van der Waals surface area (Å²) in [4.78, 5) is 11.5. The third kappa shape index (κ3) is 5.14. The van der Waals surface area contributed by atoms with Crippen molar-refractivity contribution in [2.24, 2.45) is 0 Å². The van der Waals surface area contributed by atoms with Gasteiger partial charge in [0, 0.05) is 20.1 Å². The van der Waals surface area contributed by atoms with Gasteiger partial charge in [-0.15, -0.1) is 0 Å². The fourth-order valence-electron chi connectivity index (χ4n) is 1.43. The molecular weight excluding hydrogens is 194 g/mol.